The van der Waals surface area contributed by atoms with Gasteiger partial charge >= 0.3 is 0 Å². The minimum Gasteiger partial charge on any atom is -0.508 e. The molecule has 0 atom stereocenters. The van der Waals surface area contributed by atoms with Crippen molar-refractivity contribution >= 4 is 10.8 Å². The topological polar surface area (TPSA) is 40.5 Å². The van der Waals surface area contributed by atoms with Gasteiger partial charge in [0.15, 0.2) is 0 Å². The third-order valence-electron chi connectivity index (χ3n) is 2.60. The molecule has 0 spiro atoms. The zero-order valence-electron chi connectivity index (χ0n) is 8.70. The number of hydrogen-bond donors (Lipinski definition) is 2. The van der Waals surface area contributed by atoms with Gasteiger partial charge in [-0.05, 0) is 17.9 Å². The Morgan fingerprint density at radius 2 is 1.87 bits per heavy atom. The van der Waals surface area contributed by atoms with Crippen LogP contribution in [0, 0.1) is 0 Å². The average Bonchev–Trinajstić information content (AvgIpc) is 2.24. The average molecular weight is 202 g/mol. The highest BCUT2D eigenvalue weighted by molar-refractivity contribution is 5.91. The lowest BCUT2D eigenvalue weighted by Crippen LogP contribution is -1.87. The standard InChI is InChI=1S/C13H14O2/c1-2-5-11-12(14)8-9-6-3-4-7-10(9)13(11)15/h3-4,6-8,14-15H,2,5H2,1H3. The predicted molar refractivity (Wildman–Crippen MR) is 61.3 cm³/mol. The van der Waals surface area contributed by atoms with E-state index >= 15 is 0 Å². The lowest BCUT2D eigenvalue weighted by atomic mass is 10.0. The van der Waals surface area contributed by atoms with E-state index in [1.165, 1.54) is 0 Å². The van der Waals surface area contributed by atoms with E-state index in [0.29, 0.717) is 12.0 Å². The van der Waals surface area contributed by atoms with Crippen LogP contribution < -0.4 is 0 Å². The summed E-state index contributed by atoms with van der Waals surface area (Å²) in [6.45, 7) is 2.02. The van der Waals surface area contributed by atoms with Crippen LogP contribution in [0.3, 0.4) is 0 Å². The first-order chi connectivity index (χ1) is 7.24. The lowest BCUT2D eigenvalue weighted by molar-refractivity contribution is 0.442. The van der Waals surface area contributed by atoms with Crippen LogP contribution in [0.15, 0.2) is 30.3 Å². The second-order valence-corrected chi connectivity index (χ2v) is 3.69. The Labute approximate surface area is 88.8 Å². The maximum atomic E-state index is 10.0. The van der Waals surface area contributed by atoms with Gasteiger partial charge < -0.3 is 10.2 Å². The molecule has 15 heavy (non-hydrogen) atoms. The quantitative estimate of drug-likeness (QED) is 0.785. The number of benzene rings is 2. The van der Waals surface area contributed by atoms with Crippen LogP contribution in [-0.4, -0.2) is 10.2 Å². The molecule has 2 aromatic rings. The van der Waals surface area contributed by atoms with Crippen molar-refractivity contribution in [2.45, 2.75) is 19.8 Å². The summed E-state index contributed by atoms with van der Waals surface area (Å²) < 4.78 is 0. The molecule has 2 N–H and O–H groups in total. The summed E-state index contributed by atoms with van der Waals surface area (Å²) in [5.41, 5.74) is 0.649. The number of phenols is 2. The molecule has 0 heterocycles. The van der Waals surface area contributed by atoms with Crippen molar-refractivity contribution in [2.75, 3.05) is 0 Å². The third kappa shape index (κ3) is 1.63. The second-order valence-electron chi connectivity index (χ2n) is 3.69. The molecule has 2 heteroatoms. The first-order valence-corrected chi connectivity index (χ1v) is 5.16. The fourth-order valence-corrected chi connectivity index (χ4v) is 1.85. The molecule has 0 fully saturated rings. The number of rotatable bonds is 2. The molecule has 0 aliphatic carbocycles. The first-order valence-electron chi connectivity index (χ1n) is 5.16. The fourth-order valence-electron chi connectivity index (χ4n) is 1.85. The molecule has 0 unspecified atom stereocenters. The van der Waals surface area contributed by atoms with Crippen molar-refractivity contribution in [1.82, 2.24) is 0 Å². The molecule has 0 aliphatic rings. The Kier molecular flexibility index (Phi) is 2.50. The molecule has 0 aliphatic heterocycles. The number of hydrogen-bond acceptors (Lipinski definition) is 2. The smallest absolute Gasteiger partial charge is 0.130 e. The van der Waals surface area contributed by atoms with Gasteiger partial charge in [-0.3, -0.25) is 0 Å². The summed E-state index contributed by atoms with van der Waals surface area (Å²) >= 11 is 0. The molecular weight excluding hydrogens is 188 g/mol. The van der Waals surface area contributed by atoms with Crippen LogP contribution in [-0.2, 0) is 6.42 Å². The van der Waals surface area contributed by atoms with Gasteiger partial charge in [0.25, 0.3) is 0 Å². The van der Waals surface area contributed by atoms with Crippen molar-refractivity contribution in [3.05, 3.63) is 35.9 Å². The molecule has 0 aromatic heterocycles. The number of fused-ring (bicyclic) bond motifs is 1. The highest BCUT2D eigenvalue weighted by atomic mass is 16.3. The van der Waals surface area contributed by atoms with Crippen molar-refractivity contribution in [2.24, 2.45) is 0 Å². The van der Waals surface area contributed by atoms with Gasteiger partial charge in [0.2, 0.25) is 0 Å². The summed E-state index contributed by atoms with van der Waals surface area (Å²) in [6.07, 6.45) is 1.60. The monoisotopic (exact) mass is 202 g/mol. The van der Waals surface area contributed by atoms with Crippen LogP contribution in [0.4, 0.5) is 0 Å². The summed E-state index contributed by atoms with van der Waals surface area (Å²) in [6, 6.07) is 9.23. The molecule has 2 aromatic carbocycles. The van der Waals surface area contributed by atoms with Gasteiger partial charge in [-0.1, -0.05) is 37.6 Å². The molecule has 0 radical (unpaired) electrons. The van der Waals surface area contributed by atoms with Gasteiger partial charge in [0, 0.05) is 10.9 Å². The molecule has 0 bridgehead atoms. The molecule has 0 amide bonds. The van der Waals surface area contributed by atoms with Gasteiger partial charge in [-0.25, -0.2) is 0 Å². The Hall–Kier alpha value is -1.70. The van der Waals surface area contributed by atoms with Crippen LogP contribution in [0.5, 0.6) is 11.5 Å². The van der Waals surface area contributed by atoms with Crippen molar-refractivity contribution in [3.8, 4) is 11.5 Å². The van der Waals surface area contributed by atoms with Crippen molar-refractivity contribution in [3.63, 3.8) is 0 Å². The van der Waals surface area contributed by atoms with E-state index in [1.54, 1.807) is 6.07 Å². The molecule has 0 saturated heterocycles. The van der Waals surface area contributed by atoms with Crippen LogP contribution in [0.25, 0.3) is 10.8 Å². The highest BCUT2D eigenvalue weighted by Crippen LogP contribution is 2.35. The van der Waals surface area contributed by atoms with Gasteiger partial charge in [-0.15, -0.1) is 0 Å². The largest absolute Gasteiger partial charge is 0.508 e. The van der Waals surface area contributed by atoms with Crippen LogP contribution >= 0.6 is 0 Å². The molecular formula is C13H14O2. The second kappa shape index (κ2) is 3.81. The summed E-state index contributed by atoms with van der Waals surface area (Å²) in [5, 5.41) is 21.4. The lowest BCUT2D eigenvalue weighted by Gasteiger charge is -2.09. The summed E-state index contributed by atoms with van der Waals surface area (Å²) in [4.78, 5) is 0. The zero-order valence-corrected chi connectivity index (χ0v) is 8.70. The Balaban J connectivity index is 2.72. The molecule has 2 nitrogen and oxygen atoms in total. The Bertz CT molecular complexity index is 489. The van der Waals surface area contributed by atoms with Crippen molar-refractivity contribution < 1.29 is 10.2 Å². The van der Waals surface area contributed by atoms with E-state index in [2.05, 4.69) is 0 Å². The Morgan fingerprint density at radius 3 is 2.60 bits per heavy atom. The SMILES string of the molecule is CCCc1c(O)cc2ccccc2c1O. The van der Waals surface area contributed by atoms with E-state index in [9.17, 15) is 10.2 Å². The minimum atomic E-state index is 0.188. The molecule has 78 valence electrons. The molecule has 0 saturated carbocycles. The van der Waals surface area contributed by atoms with Crippen LogP contribution in [0.2, 0.25) is 0 Å². The van der Waals surface area contributed by atoms with E-state index in [0.717, 1.165) is 17.2 Å². The third-order valence-corrected chi connectivity index (χ3v) is 2.60. The normalized spacial score (nSPS) is 10.7. The summed E-state index contributed by atoms with van der Waals surface area (Å²) in [7, 11) is 0. The van der Waals surface area contributed by atoms with Crippen LogP contribution in [0.1, 0.15) is 18.9 Å². The Morgan fingerprint density at radius 1 is 1.13 bits per heavy atom. The molecule has 2 rings (SSSR count). The van der Waals surface area contributed by atoms with E-state index < -0.39 is 0 Å². The van der Waals surface area contributed by atoms with Crippen molar-refractivity contribution in [1.29, 1.82) is 0 Å². The predicted octanol–water partition coefficient (Wildman–Crippen LogP) is 3.20. The number of aromatic hydroxyl groups is 2. The maximum Gasteiger partial charge on any atom is 0.130 e. The first kappa shape index (κ1) is 9.84. The maximum absolute atomic E-state index is 10.0. The van der Waals surface area contributed by atoms with Gasteiger partial charge in [-0.2, -0.15) is 0 Å². The summed E-state index contributed by atoms with van der Waals surface area (Å²) in [5.74, 6) is 0.403. The minimum absolute atomic E-state index is 0.188. The van der Waals surface area contributed by atoms with E-state index in [-0.39, 0.29) is 11.5 Å². The number of phenolic OH excluding ortho intramolecular Hbond substituents is 2. The zero-order chi connectivity index (χ0) is 10.8. The fraction of sp³-hybridized carbons (Fsp3) is 0.231. The van der Waals surface area contributed by atoms with E-state index in [4.69, 9.17) is 0 Å². The van der Waals surface area contributed by atoms with Gasteiger partial charge in [0.05, 0.1) is 0 Å². The van der Waals surface area contributed by atoms with E-state index in [1.807, 2.05) is 31.2 Å². The highest BCUT2D eigenvalue weighted by Gasteiger charge is 2.10. The van der Waals surface area contributed by atoms with Gasteiger partial charge in [0.1, 0.15) is 11.5 Å².